The van der Waals surface area contributed by atoms with E-state index >= 15 is 0 Å². The number of nitrogens with zero attached hydrogens (tertiary/aromatic N) is 1. The molecule has 1 rings (SSSR count). The van der Waals surface area contributed by atoms with Crippen LogP contribution in [0.5, 0.6) is 0 Å². The number of rotatable bonds is 8. The average molecular weight is 248 g/mol. The Morgan fingerprint density at radius 1 is 1.22 bits per heavy atom. The molecule has 0 bridgehead atoms. The van der Waals surface area contributed by atoms with Gasteiger partial charge in [-0.15, -0.1) is 0 Å². The number of hydrogen-bond acceptors (Lipinski definition) is 2. The van der Waals surface area contributed by atoms with E-state index in [2.05, 4.69) is 55.4 Å². The highest BCUT2D eigenvalue weighted by atomic mass is 15.1. The summed E-state index contributed by atoms with van der Waals surface area (Å²) in [5, 5.41) is 3.23. The minimum absolute atomic E-state index is 0.585. The monoisotopic (exact) mass is 248 g/mol. The minimum atomic E-state index is 0.585. The quantitative estimate of drug-likeness (QED) is 0.760. The number of likely N-dealkylation sites (N-methyl/N-ethyl adjacent to an activating group) is 1. The predicted octanol–water partition coefficient (Wildman–Crippen LogP) is 3.24. The Kier molecular flexibility index (Phi) is 6.99. The van der Waals surface area contributed by atoms with Crippen molar-refractivity contribution < 1.29 is 0 Å². The molecule has 0 aromatic heterocycles. The lowest BCUT2D eigenvalue weighted by Crippen LogP contribution is -2.19. The zero-order valence-electron chi connectivity index (χ0n) is 12.4. The van der Waals surface area contributed by atoms with Crippen LogP contribution < -0.4 is 5.32 Å². The molecule has 0 radical (unpaired) electrons. The smallest absolute Gasteiger partial charge is 0.0230 e. The first kappa shape index (κ1) is 15.2. The molecule has 0 amide bonds. The number of unbranched alkanes of at least 4 members (excludes halogenated alkanes) is 1. The Hall–Kier alpha value is -0.860. The molecule has 0 spiro atoms. The molecule has 1 atom stereocenters. The van der Waals surface area contributed by atoms with Crippen LogP contribution in [-0.2, 0) is 6.54 Å². The summed E-state index contributed by atoms with van der Waals surface area (Å²) in [5.41, 5.74) is 2.83. The molecule has 102 valence electrons. The Bertz CT molecular complexity index is 318. The molecule has 0 saturated carbocycles. The lowest BCUT2D eigenvalue weighted by atomic mass is 10.00. The molecule has 0 aliphatic heterocycles. The van der Waals surface area contributed by atoms with Crippen LogP contribution in [0.25, 0.3) is 0 Å². The van der Waals surface area contributed by atoms with Gasteiger partial charge in [0.2, 0.25) is 0 Å². The average Bonchev–Trinajstić information content (AvgIpc) is 2.37. The third kappa shape index (κ3) is 5.19. The van der Waals surface area contributed by atoms with Crippen LogP contribution in [0.15, 0.2) is 24.3 Å². The maximum atomic E-state index is 3.23. The van der Waals surface area contributed by atoms with Crippen LogP contribution in [0.2, 0.25) is 0 Å². The summed E-state index contributed by atoms with van der Waals surface area (Å²) >= 11 is 0. The van der Waals surface area contributed by atoms with Crippen molar-refractivity contribution in [3.8, 4) is 0 Å². The van der Waals surface area contributed by atoms with E-state index in [0.29, 0.717) is 5.92 Å². The summed E-state index contributed by atoms with van der Waals surface area (Å²) in [5.74, 6) is 0.585. The van der Waals surface area contributed by atoms with E-state index in [1.54, 1.807) is 0 Å². The van der Waals surface area contributed by atoms with E-state index in [9.17, 15) is 0 Å². The number of hydrogen-bond donors (Lipinski definition) is 1. The SMILES string of the molecule is CCCCN(C)Cc1ccc(C(C)CNC)cc1. The van der Waals surface area contributed by atoms with Gasteiger partial charge in [0.05, 0.1) is 0 Å². The van der Waals surface area contributed by atoms with Gasteiger partial charge >= 0.3 is 0 Å². The Labute approximate surface area is 112 Å². The highest BCUT2D eigenvalue weighted by molar-refractivity contribution is 5.25. The fourth-order valence-corrected chi connectivity index (χ4v) is 2.19. The van der Waals surface area contributed by atoms with E-state index in [-0.39, 0.29) is 0 Å². The van der Waals surface area contributed by atoms with E-state index < -0.39 is 0 Å². The minimum Gasteiger partial charge on any atom is -0.319 e. The van der Waals surface area contributed by atoms with Gasteiger partial charge in [0.25, 0.3) is 0 Å². The summed E-state index contributed by atoms with van der Waals surface area (Å²) < 4.78 is 0. The molecule has 1 aromatic rings. The summed E-state index contributed by atoms with van der Waals surface area (Å²) in [6, 6.07) is 9.07. The predicted molar refractivity (Wildman–Crippen MR) is 80.0 cm³/mol. The van der Waals surface area contributed by atoms with Gasteiger partial charge in [-0.3, -0.25) is 0 Å². The largest absolute Gasteiger partial charge is 0.319 e. The first-order chi connectivity index (χ1) is 8.67. The molecule has 0 aliphatic carbocycles. The Morgan fingerprint density at radius 3 is 2.44 bits per heavy atom. The second-order valence-electron chi connectivity index (χ2n) is 5.29. The van der Waals surface area contributed by atoms with Crippen molar-refractivity contribution in [2.75, 3.05) is 27.2 Å². The van der Waals surface area contributed by atoms with Crippen molar-refractivity contribution in [3.05, 3.63) is 35.4 Å². The maximum absolute atomic E-state index is 3.23. The van der Waals surface area contributed by atoms with E-state index in [4.69, 9.17) is 0 Å². The lowest BCUT2D eigenvalue weighted by Gasteiger charge is -2.17. The van der Waals surface area contributed by atoms with Gasteiger partial charge in [-0.2, -0.15) is 0 Å². The first-order valence-corrected chi connectivity index (χ1v) is 7.09. The highest BCUT2D eigenvalue weighted by Crippen LogP contribution is 2.15. The van der Waals surface area contributed by atoms with Crippen molar-refractivity contribution in [1.29, 1.82) is 0 Å². The normalized spacial score (nSPS) is 12.9. The maximum Gasteiger partial charge on any atom is 0.0230 e. The fourth-order valence-electron chi connectivity index (χ4n) is 2.19. The molecule has 0 fully saturated rings. The van der Waals surface area contributed by atoms with Crippen LogP contribution in [0.4, 0.5) is 0 Å². The summed E-state index contributed by atoms with van der Waals surface area (Å²) in [6.07, 6.45) is 2.55. The fraction of sp³-hybridized carbons (Fsp3) is 0.625. The van der Waals surface area contributed by atoms with Gasteiger partial charge in [0.15, 0.2) is 0 Å². The van der Waals surface area contributed by atoms with Gasteiger partial charge in [0.1, 0.15) is 0 Å². The molecule has 2 heteroatoms. The topological polar surface area (TPSA) is 15.3 Å². The third-order valence-corrected chi connectivity index (χ3v) is 3.40. The molecule has 1 N–H and O–H groups in total. The van der Waals surface area contributed by atoms with Gasteiger partial charge in [-0.05, 0) is 44.1 Å². The zero-order valence-corrected chi connectivity index (χ0v) is 12.4. The molecule has 0 heterocycles. The standard InChI is InChI=1S/C16H28N2/c1-5-6-11-18(4)13-15-7-9-16(10-8-15)14(2)12-17-3/h7-10,14,17H,5-6,11-13H2,1-4H3. The number of nitrogens with one attached hydrogen (secondary N) is 1. The summed E-state index contributed by atoms with van der Waals surface area (Å²) in [6.45, 7) is 7.79. The van der Waals surface area contributed by atoms with Gasteiger partial charge < -0.3 is 10.2 Å². The third-order valence-electron chi connectivity index (χ3n) is 3.40. The molecular weight excluding hydrogens is 220 g/mol. The van der Waals surface area contributed by atoms with Gasteiger partial charge in [-0.1, -0.05) is 44.5 Å². The van der Waals surface area contributed by atoms with Gasteiger partial charge in [0, 0.05) is 13.1 Å². The molecule has 0 aliphatic rings. The second-order valence-corrected chi connectivity index (χ2v) is 5.29. The molecule has 1 aromatic carbocycles. The van der Waals surface area contributed by atoms with E-state index in [1.165, 1.54) is 30.5 Å². The summed E-state index contributed by atoms with van der Waals surface area (Å²) in [4.78, 5) is 2.40. The van der Waals surface area contributed by atoms with Crippen LogP contribution >= 0.6 is 0 Å². The molecule has 2 nitrogen and oxygen atoms in total. The first-order valence-electron chi connectivity index (χ1n) is 7.09. The molecule has 18 heavy (non-hydrogen) atoms. The number of benzene rings is 1. The molecule has 1 unspecified atom stereocenters. The lowest BCUT2D eigenvalue weighted by molar-refractivity contribution is 0.321. The molecule has 0 saturated heterocycles. The van der Waals surface area contributed by atoms with Crippen molar-refractivity contribution >= 4 is 0 Å². The van der Waals surface area contributed by atoms with Crippen molar-refractivity contribution in [2.45, 2.75) is 39.2 Å². The second kappa shape index (κ2) is 8.28. The van der Waals surface area contributed by atoms with Crippen molar-refractivity contribution in [2.24, 2.45) is 0 Å². The van der Waals surface area contributed by atoms with Crippen LogP contribution in [0, 0.1) is 0 Å². The van der Waals surface area contributed by atoms with Crippen molar-refractivity contribution in [3.63, 3.8) is 0 Å². The van der Waals surface area contributed by atoms with Crippen LogP contribution in [0.3, 0.4) is 0 Å². The summed E-state index contributed by atoms with van der Waals surface area (Å²) in [7, 11) is 4.21. The highest BCUT2D eigenvalue weighted by Gasteiger charge is 2.05. The van der Waals surface area contributed by atoms with Gasteiger partial charge in [-0.25, -0.2) is 0 Å². The van der Waals surface area contributed by atoms with E-state index in [1.807, 2.05) is 7.05 Å². The van der Waals surface area contributed by atoms with Crippen LogP contribution in [-0.4, -0.2) is 32.1 Å². The van der Waals surface area contributed by atoms with Crippen LogP contribution in [0.1, 0.15) is 43.7 Å². The molecular formula is C16H28N2. The Balaban J connectivity index is 2.49. The zero-order chi connectivity index (χ0) is 13.4. The Morgan fingerprint density at radius 2 is 1.89 bits per heavy atom. The van der Waals surface area contributed by atoms with Crippen molar-refractivity contribution in [1.82, 2.24) is 10.2 Å². The van der Waals surface area contributed by atoms with E-state index in [0.717, 1.165) is 13.1 Å².